The quantitative estimate of drug-likeness (QED) is 0.773. The van der Waals surface area contributed by atoms with E-state index in [2.05, 4.69) is 20.9 Å². The van der Waals surface area contributed by atoms with Crippen molar-refractivity contribution in [2.24, 2.45) is 0 Å². The van der Waals surface area contributed by atoms with Gasteiger partial charge in [0, 0.05) is 19.5 Å². The molecule has 0 saturated heterocycles. The number of halogens is 1. The summed E-state index contributed by atoms with van der Waals surface area (Å²) >= 11 is 4.73. The molecule has 2 heterocycles. The van der Waals surface area contributed by atoms with Gasteiger partial charge in [-0.1, -0.05) is 0 Å². The predicted octanol–water partition coefficient (Wildman–Crippen LogP) is 1.92. The van der Waals surface area contributed by atoms with Crippen molar-refractivity contribution >= 4 is 33.2 Å². The van der Waals surface area contributed by atoms with Crippen LogP contribution in [0.4, 0.5) is 0 Å². The number of hydrogen-bond donors (Lipinski definition) is 0. The maximum Gasteiger partial charge on any atom is 0.265 e. The van der Waals surface area contributed by atoms with Crippen LogP contribution in [0.5, 0.6) is 0 Å². The number of thiazole rings is 1. The summed E-state index contributed by atoms with van der Waals surface area (Å²) in [6.07, 6.45) is 0.886. The first-order valence-corrected chi connectivity index (χ1v) is 5.77. The fourth-order valence-corrected chi connectivity index (χ4v) is 2.95. The van der Waals surface area contributed by atoms with Gasteiger partial charge in [-0.2, -0.15) is 0 Å². The minimum absolute atomic E-state index is 0.131. The Hall–Kier alpha value is -0.420. The zero-order valence-electron chi connectivity index (χ0n) is 7.21. The monoisotopic (exact) mass is 260 g/mol. The van der Waals surface area contributed by atoms with E-state index in [1.54, 1.807) is 0 Å². The number of hydrogen-bond acceptors (Lipinski definition) is 3. The molecule has 1 aromatic heterocycles. The molecular formula is C8H9BrN2OS. The molecule has 0 unspecified atom stereocenters. The average Bonchev–Trinajstić information content (AvgIpc) is 2.47. The lowest BCUT2D eigenvalue weighted by Gasteiger charge is -2.24. The van der Waals surface area contributed by atoms with Crippen LogP contribution in [0.3, 0.4) is 0 Å². The summed E-state index contributed by atoms with van der Waals surface area (Å²) in [4.78, 5) is 18.7. The second-order valence-corrected chi connectivity index (χ2v) is 5.15. The van der Waals surface area contributed by atoms with E-state index in [1.807, 2.05) is 11.8 Å². The molecule has 0 fully saturated rings. The minimum atomic E-state index is 0.131. The summed E-state index contributed by atoms with van der Waals surface area (Å²) in [5.41, 5.74) is 0.951. The van der Waals surface area contributed by atoms with Gasteiger partial charge in [0.25, 0.3) is 5.91 Å². The Morgan fingerprint density at radius 3 is 3.15 bits per heavy atom. The predicted molar refractivity (Wildman–Crippen MR) is 55.1 cm³/mol. The summed E-state index contributed by atoms with van der Waals surface area (Å²) in [6, 6.07) is 0. The first kappa shape index (κ1) is 9.15. The molecule has 2 rings (SSSR count). The number of amides is 1. The summed E-state index contributed by atoms with van der Waals surface area (Å²) in [7, 11) is 0. The van der Waals surface area contributed by atoms with Crippen molar-refractivity contribution in [2.75, 3.05) is 13.1 Å². The van der Waals surface area contributed by atoms with Crippen LogP contribution in [0.1, 0.15) is 22.3 Å². The van der Waals surface area contributed by atoms with Crippen LogP contribution in [0.25, 0.3) is 0 Å². The van der Waals surface area contributed by atoms with Crippen LogP contribution in [0.2, 0.25) is 0 Å². The molecule has 0 atom stereocenters. The molecular weight excluding hydrogens is 252 g/mol. The Morgan fingerprint density at radius 2 is 2.46 bits per heavy atom. The lowest BCUT2D eigenvalue weighted by Crippen LogP contribution is -2.36. The van der Waals surface area contributed by atoms with Gasteiger partial charge < -0.3 is 4.90 Å². The molecule has 0 saturated carbocycles. The highest BCUT2D eigenvalue weighted by molar-refractivity contribution is 9.11. The van der Waals surface area contributed by atoms with Gasteiger partial charge in [-0.25, -0.2) is 4.98 Å². The second kappa shape index (κ2) is 3.38. The van der Waals surface area contributed by atoms with Gasteiger partial charge in [-0.3, -0.25) is 4.79 Å². The summed E-state index contributed by atoms with van der Waals surface area (Å²) < 4.78 is 0.809. The van der Waals surface area contributed by atoms with Crippen molar-refractivity contribution in [2.45, 2.75) is 13.3 Å². The van der Waals surface area contributed by atoms with Gasteiger partial charge in [0.1, 0.15) is 4.88 Å². The summed E-state index contributed by atoms with van der Waals surface area (Å²) in [5.74, 6) is 0.131. The van der Waals surface area contributed by atoms with Crippen molar-refractivity contribution in [3.63, 3.8) is 0 Å². The summed E-state index contributed by atoms with van der Waals surface area (Å²) in [5, 5.41) is 0. The zero-order valence-corrected chi connectivity index (χ0v) is 9.61. The van der Waals surface area contributed by atoms with E-state index in [1.165, 1.54) is 11.3 Å². The van der Waals surface area contributed by atoms with Gasteiger partial charge in [0.15, 0.2) is 3.92 Å². The van der Waals surface area contributed by atoms with Crippen molar-refractivity contribution in [3.8, 4) is 0 Å². The van der Waals surface area contributed by atoms with Crippen molar-refractivity contribution in [3.05, 3.63) is 14.5 Å². The van der Waals surface area contributed by atoms with E-state index >= 15 is 0 Å². The van der Waals surface area contributed by atoms with Crippen LogP contribution in [0.15, 0.2) is 3.92 Å². The third-order valence-corrected chi connectivity index (χ3v) is 3.69. The molecule has 0 aromatic carbocycles. The molecule has 1 aliphatic rings. The van der Waals surface area contributed by atoms with Gasteiger partial charge in [-0.15, -0.1) is 11.3 Å². The normalized spacial score (nSPS) is 16.2. The lowest BCUT2D eigenvalue weighted by molar-refractivity contribution is 0.0753. The molecule has 0 bridgehead atoms. The highest BCUT2D eigenvalue weighted by atomic mass is 79.9. The average molecular weight is 261 g/mol. The smallest absolute Gasteiger partial charge is 0.265 e. The highest BCUT2D eigenvalue weighted by Crippen LogP contribution is 2.27. The van der Waals surface area contributed by atoms with E-state index in [0.29, 0.717) is 0 Å². The van der Waals surface area contributed by atoms with Crippen LogP contribution >= 0.6 is 27.3 Å². The Morgan fingerprint density at radius 1 is 1.69 bits per heavy atom. The molecule has 5 heteroatoms. The molecule has 1 amide bonds. The van der Waals surface area contributed by atoms with Gasteiger partial charge >= 0.3 is 0 Å². The largest absolute Gasteiger partial charge is 0.338 e. The number of likely N-dealkylation sites (N-methyl/N-ethyl adjacent to an activating group) is 1. The number of carbonyl (C=O) groups excluding carboxylic acids is 1. The second-order valence-electron chi connectivity index (χ2n) is 2.88. The Labute approximate surface area is 88.9 Å². The maximum absolute atomic E-state index is 11.7. The number of aromatic nitrogens is 1. The van der Waals surface area contributed by atoms with Gasteiger partial charge in [-0.05, 0) is 22.9 Å². The van der Waals surface area contributed by atoms with Crippen LogP contribution in [0, 0.1) is 0 Å². The highest BCUT2D eigenvalue weighted by Gasteiger charge is 2.26. The fourth-order valence-electron chi connectivity index (χ4n) is 1.45. The third-order valence-electron chi connectivity index (χ3n) is 2.15. The minimum Gasteiger partial charge on any atom is -0.338 e. The first-order valence-electron chi connectivity index (χ1n) is 4.17. The standard InChI is InChI=1S/C8H9BrN2OS/c1-2-11-4-3-5-6(7(11)12)13-8(9)10-5/h2-4H2,1H3. The number of rotatable bonds is 1. The molecule has 3 nitrogen and oxygen atoms in total. The first-order chi connectivity index (χ1) is 6.22. The molecule has 13 heavy (non-hydrogen) atoms. The summed E-state index contributed by atoms with van der Waals surface area (Å²) in [6.45, 7) is 3.59. The molecule has 0 aliphatic carbocycles. The van der Waals surface area contributed by atoms with Crippen LogP contribution in [-0.2, 0) is 6.42 Å². The Bertz CT molecular complexity index is 350. The fraction of sp³-hybridized carbons (Fsp3) is 0.500. The van der Waals surface area contributed by atoms with E-state index in [0.717, 1.165) is 34.0 Å². The number of nitrogens with zero attached hydrogens (tertiary/aromatic N) is 2. The molecule has 0 spiro atoms. The van der Waals surface area contributed by atoms with E-state index in [-0.39, 0.29) is 5.91 Å². The molecule has 1 aromatic rings. The van der Waals surface area contributed by atoms with Crippen molar-refractivity contribution in [1.29, 1.82) is 0 Å². The topological polar surface area (TPSA) is 33.2 Å². The molecule has 0 radical (unpaired) electrons. The van der Waals surface area contributed by atoms with Crippen molar-refractivity contribution in [1.82, 2.24) is 9.88 Å². The third kappa shape index (κ3) is 1.50. The van der Waals surface area contributed by atoms with Crippen LogP contribution in [-0.4, -0.2) is 28.9 Å². The Balaban J connectivity index is 2.38. The maximum atomic E-state index is 11.7. The SMILES string of the molecule is CCN1CCc2nc(Br)sc2C1=O. The lowest BCUT2D eigenvalue weighted by atomic mass is 10.2. The van der Waals surface area contributed by atoms with Crippen LogP contribution < -0.4 is 0 Å². The van der Waals surface area contributed by atoms with Crippen molar-refractivity contribution < 1.29 is 4.79 Å². The molecule has 0 N–H and O–H groups in total. The van der Waals surface area contributed by atoms with Gasteiger partial charge in [0.05, 0.1) is 5.69 Å². The van der Waals surface area contributed by atoms with Gasteiger partial charge in [0.2, 0.25) is 0 Å². The number of carbonyl (C=O) groups is 1. The van der Waals surface area contributed by atoms with E-state index in [4.69, 9.17) is 0 Å². The number of fused-ring (bicyclic) bond motifs is 1. The zero-order chi connectivity index (χ0) is 9.42. The molecule has 70 valence electrons. The Kier molecular flexibility index (Phi) is 2.38. The molecule has 1 aliphatic heterocycles. The van der Waals surface area contributed by atoms with E-state index in [9.17, 15) is 4.79 Å². The van der Waals surface area contributed by atoms with E-state index < -0.39 is 0 Å².